The minimum absolute atomic E-state index is 0.0443. The highest BCUT2D eigenvalue weighted by molar-refractivity contribution is 7.81. The molecule has 3 fully saturated rings. The smallest absolute Gasteiger partial charge is 0.259 e. The fourth-order valence-corrected chi connectivity index (χ4v) is 5.35. The number of rotatable bonds is 5. The summed E-state index contributed by atoms with van der Waals surface area (Å²) < 4.78 is 5.30. The number of pyridine rings is 1. The molecule has 0 atom stereocenters. The first-order valence-corrected chi connectivity index (χ1v) is 11.6. The van der Waals surface area contributed by atoms with Crippen molar-refractivity contribution in [2.24, 2.45) is 0 Å². The number of hydrogen-bond acceptors (Lipinski definition) is 7. The summed E-state index contributed by atoms with van der Waals surface area (Å²) in [7, 11) is 1.48. The highest BCUT2D eigenvalue weighted by atomic mass is 32.1. The van der Waals surface area contributed by atoms with Crippen molar-refractivity contribution in [3.63, 3.8) is 0 Å². The molecule has 1 amide bonds. The van der Waals surface area contributed by atoms with Gasteiger partial charge >= 0.3 is 0 Å². The zero-order chi connectivity index (χ0) is 23.0. The molecule has 1 aromatic carbocycles. The van der Waals surface area contributed by atoms with Gasteiger partial charge in [0.05, 0.1) is 19.0 Å². The number of carbonyl (C=O) groups is 1. The van der Waals surface area contributed by atoms with E-state index in [0.717, 1.165) is 57.7 Å². The first kappa shape index (κ1) is 21.8. The fraction of sp³-hybridized carbons (Fsp3) is 0.417. The van der Waals surface area contributed by atoms with E-state index in [-0.39, 0.29) is 11.6 Å². The van der Waals surface area contributed by atoms with Crippen LogP contribution in [0.4, 0.5) is 11.4 Å². The monoisotopic (exact) mass is 462 g/mol. The molecular formula is C24H26N6O2S. The van der Waals surface area contributed by atoms with Crippen molar-refractivity contribution in [1.29, 1.82) is 5.26 Å². The molecule has 1 aromatic heterocycles. The van der Waals surface area contributed by atoms with E-state index < -0.39 is 5.54 Å². The third-order valence-corrected chi connectivity index (χ3v) is 7.19. The zero-order valence-electron chi connectivity index (χ0n) is 18.6. The van der Waals surface area contributed by atoms with Crippen LogP contribution in [0.3, 0.4) is 0 Å². The molecule has 0 bridgehead atoms. The first-order chi connectivity index (χ1) is 16.1. The number of hydrogen-bond donors (Lipinski definition) is 1. The summed E-state index contributed by atoms with van der Waals surface area (Å²) in [6.07, 6.45) is 4.00. The number of nitriles is 1. The molecule has 33 heavy (non-hydrogen) atoms. The topological polar surface area (TPSA) is 84.7 Å². The second-order valence-corrected chi connectivity index (χ2v) is 9.06. The first-order valence-electron chi connectivity index (χ1n) is 11.2. The van der Waals surface area contributed by atoms with E-state index >= 15 is 0 Å². The molecular weight excluding hydrogens is 436 g/mol. The van der Waals surface area contributed by atoms with Crippen LogP contribution in [0.2, 0.25) is 0 Å². The molecule has 3 heterocycles. The maximum Gasteiger partial charge on any atom is 0.259 e. The number of aromatic nitrogens is 1. The summed E-state index contributed by atoms with van der Waals surface area (Å²) >= 11 is 5.84. The minimum atomic E-state index is -0.654. The summed E-state index contributed by atoms with van der Waals surface area (Å²) in [4.78, 5) is 23.8. The van der Waals surface area contributed by atoms with Gasteiger partial charge in [0.15, 0.2) is 16.6 Å². The van der Waals surface area contributed by atoms with E-state index in [9.17, 15) is 10.1 Å². The van der Waals surface area contributed by atoms with Gasteiger partial charge in [-0.25, -0.2) is 4.98 Å². The largest absolute Gasteiger partial charge is 0.494 e. The third-order valence-electron chi connectivity index (χ3n) is 6.83. The molecule has 2 saturated heterocycles. The van der Waals surface area contributed by atoms with E-state index in [1.165, 1.54) is 18.9 Å². The van der Waals surface area contributed by atoms with Crippen LogP contribution in [0.15, 0.2) is 36.5 Å². The Bertz CT molecular complexity index is 1120. The molecule has 1 spiro atoms. The Morgan fingerprint density at radius 2 is 1.94 bits per heavy atom. The predicted octanol–water partition coefficient (Wildman–Crippen LogP) is 2.43. The number of nitrogens with zero attached hydrogens (tertiary/aromatic N) is 5. The van der Waals surface area contributed by atoms with Crippen molar-refractivity contribution in [2.75, 3.05) is 43.1 Å². The Balaban J connectivity index is 1.44. The normalized spacial score (nSPS) is 20.1. The van der Waals surface area contributed by atoms with Gasteiger partial charge < -0.3 is 15.0 Å². The van der Waals surface area contributed by atoms with Gasteiger partial charge in [0.25, 0.3) is 5.91 Å². The van der Waals surface area contributed by atoms with Crippen LogP contribution in [0.5, 0.6) is 5.75 Å². The Kier molecular flexibility index (Phi) is 5.74. The Labute approximate surface area is 198 Å². The second-order valence-electron chi connectivity index (χ2n) is 8.69. The van der Waals surface area contributed by atoms with Crippen LogP contribution >= 0.6 is 12.2 Å². The zero-order valence-corrected chi connectivity index (χ0v) is 19.4. The molecule has 1 aliphatic carbocycles. The number of nitrogens with one attached hydrogen (secondary N) is 1. The maximum absolute atomic E-state index is 13.6. The molecule has 1 saturated carbocycles. The molecule has 8 nitrogen and oxygen atoms in total. The van der Waals surface area contributed by atoms with Crippen LogP contribution in [0.1, 0.15) is 30.5 Å². The van der Waals surface area contributed by atoms with Crippen LogP contribution in [-0.2, 0) is 11.3 Å². The molecule has 170 valence electrons. The molecule has 0 unspecified atom stereocenters. The van der Waals surface area contributed by atoms with Crippen molar-refractivity contribution < 1.29 is 9.53 Å². The number of amides is 1. The molecule has 3 aliphatic rings. The van der Waals surface area contributed by atoms with Gasteiger partial charge in [-0.1, -0.05) is 12.1 Å². The number of benzene rings is 1. The lowest BCUT2D eigenvalue weighted by Crippen LogP contribution is -2.55. The predicted molar refractivity (Wildman–Crippen MR) is 129 cm³/mol. The summed E-state index contributed by atoms with van der Waals surface area (Å²) in [5.74, 6) is 0.279. The standard InChI is InChI=1S/C24H26N6O2S/c1-32-21-13-19(15-27-20(21)14-25)29-22(31)24(7-2-8-24)30(23(29)33)18-5-3-17(4-6-18)16-28-11-9-26-10-12-28/h3-6,13,15,26H,2,7-12,16H2,1H3. The van der Waals surface area contributed by atoms with Crippen molar-refractivity contribution >= 4 is 34.6 Å². The lowest BCUT2D eigenvalue weighted by atomic mass is 9.75. The van der Waals surface area contributed by atoms with Gasteiger partial charge in [-0.2, -0.15) is 5.26 Å². The molecule has 2 aliphatic heterocycles. The van der Waals surface area contributed by atoms with Gasteiger partial charge in [-0.3, -0.25) is 14.6 Å². The number of methoxy groups -OCH3 is 1. The Morgan fingerprint density at radius 3 is 2.55 bits per heavy atom. The minimum Gasteiger partial charge on any atom is -0.494 e. The van der Waals surface area contributed by atoms with Crippen LogP contribution in [0, 0.1) is 11.3 Å². The van der Waals surface area contributed by atoms with Gasteiger partial charge in [0.2, 0.25) is 0 Å². The van der Waals surface area contributed by atoms with Crippen molar-refractivity contribution in [2.45, 2.75) is 31.3 Å². The lowest BCUT2D eigenvalue weighted by Gasteiger charge is -2.43. The molecule has 0 radical (unpaired) electrons. The lowest BCUT2D eigenvalue weighted by molar-refractivity contribution is -0.123. The summed E-state index contributed by atoms with van der Waals surface area (Å²) in [5.41, 5.74) is 2.21. The Hall–Kier alpha value is -3.06. The van der Waals surface area contributed by atoms with Gasteiger partial charge in [-0.15, -0.1) is 0 Å². The van der Waals surface area contributed by atoms with Crippen molar-refractivity contribution in [3.8, 4) is 11.8 Å². The average molecular weight is 463 g/mol. The van der Waals surface area contributed by atoms with Crippen LogP contribution in [-0.4, -0.2) is 59.7 Å². The van der Waals surface area contributed by atoms with E-state index in [1.807, 2.05) is 11.0 Å². The SMILES string of the molecule is COc1cc(N2C(=O)C3(CCC3)N(c3ccc(CN4CCNCC4)cc3)C2=S)cnc1C#N. The highest BCUT2D eigenvalue weighted by Crippen LogP contribution is 2.48. The summed E-state index contributed by atoms with van der Waals surface area (Å²) in [5, 5.41) is 13.1. The fourth-order valence-electron chi connectivity index (χ4n) is 4.88. The molecule has 5 rings (SSSR count). The van der Waals surface area contributed by atoms with Crippen molar-refractivity contribution in [3.05, 3.63) is 47.8 Å². The summed E-state index contributed by atoms with van der Waals surface area (Å²) in [6.45, 7) is 5.06. The summed E-state index contributed by atoms with van der Waals surface area (Å²) in [6, 6.07) is 12.1. The second kappa shape index (κ2) is 8.71. The number of piperazine rings is 1. The molecule has 1 N–H and O–H groups in total. The van der Waals surface area contributed by atoms with E-state index in [2.05, 4.69) is 39.5 Å². The van der Waals surface area contributed by atoms with Crippen LogP contribution < -0.4 is 19.9 Å². The Morgan fingerprint density at radius 1 is 1.21 bits per heavy atom. The maximum atomic E-state index is 13.6. The van der Waals surface area contributed by atoms with E-state index in [0.29, 0.717) is 16.5 Å². The quantitative estimate of drug-likeness (QED) is 0.679. The highest BCUT2D eigenvalue weighted by Gasteiger charge is 2.59. The number of anilines is 2. The van der Waals surface area contributed by atoms with Gasteiger partial charge in [0, 0.05) is 44.5 Å². The number of carbonyl (C=O) groups excluding carboxylic acids is 1. The van der Waals surface area contributed by atoms with Gasteiger partial charge in [0.1, 0.15) is 11.6 Å². The van der Waals surface area contributed by atoms with E-state index in [1.54, 1.807) is 11.0 Å². The van der Waals surface area contributed by atoms with E-state index in [4.69, 9.17) is 17.0 Å². The number of ether oxygens (including phenoxy) is 1. The van der Waals surface area contributed by atoms with Gasteiger partial charge in [-0.05, 0) is 49.2 Å². The molecule has 9 heteroatoms. The third kappa shape index (κ3) is 3.64. The molecule has 2 aromatic rings. The number of thiocarbonyl (C=S) groups is 1. The van der Waals surface area contributed by atoms with Crippen LogP contribution in [0.25, 0.3) is 0 Å². The van der Waals surface area contributed by atoms with Crippen molar-refractivity contribution in [1.82, 2.24) is 15.2 Å². The average Bonchev–Trinajstić information content (AvgIpc) is 3.06.